The van der Waals surface area contributed by atoms with E-state index in [1.165, 1.54) is 0 Å². The quantitative estimate of drug-likeness (QED) is 0.899. The van der Waals surface area contributed by atoms with E-state index >= 15 is 0 Å². The molecule has 0 radical (unpaired) electrons. The van der Waals surface area contributed by atoms with Crippen LogP contribution in [0.5, 0.6) is 0 Å². The van der Waals surface area contributed by atoms with E-state index in [-0.39, 0.29) is 18.4 Å². The second kappa shape index (κ2) is 6.74. The van der Waals surface area contributed by atoms with Gasteiger partial charge in [-0.25, -0.2) is 0 Å². The molecule has 6 nitrogen and oxygen atoms in total. The first kappa shape index (κ1) is 18.4. The van der Waals surface area contributed by atoms with Crippen molar-refractivity contribution in [2.45, 2.75) is 33.1 Å². The van der Waals surface area contributed by atoms with Crippen LogP contribution >= 0.6 is 0 Å². The van der Waals surface area contributed by atoms with E-state index < -0.39 is 16.8 Å². The number of carboxylic acids is 1. The Morgan fingerprint density at radius 3 is 2.19 bits per heavy atom. The monoisotopic (exact) mass is 358 g/mol. The number of aliphatic carboxylic acids is 1. The summed E-state index contributed by atoms with van der Waals surface area (Å²) in [7, 11) is 0. The molecule has 2 fully saturated rings. The molecule has 2 saturated heterocycles. The number of benzene rings is 1. The smallest absolute Gasteiger partial charge is 0.311 e. The molecule has 0 spiro atoms. The summed E-state index contributed by atoms with van der Waals surface area (Å²) in [5.41, 5.74) is -0.907. The van der Waals surface area contributed by atoms with Gasteiger partial charge in [-0.1, -0.05) is 18.2 Å². The van der Waals surface area contributed by atoms with E-state index in [9.17, 15) is 19.5 Å². The Morgan fingerprint density at radius 2 is 1.58 bits per heavy atom. The molecule has 6 heteroatoms. The summed E-state index contributed by atoms with van der Waals surface area (Å²) in [5.74, 6) is -0.948. The zero-order valence-corrected chi connectivity index (χ0v) is 15.4. The molecule has 2 aliphatic heterocycles. The molecular formula is C20H26N2O4. The van der Waals surface area contributed by atoms with Crippen molar-refractivity contribution in [1.82, 2.24) is 9.80 Å². The van der Waals surface area contributed by atoms with Crippen LogP contribution in [0.25, 0.3) is 0 Å². The lowest BCUT2D eigenvalue weighted by Gasteiger charge is -2.41. The number of likely N-dealkylation sites (tertiary alicyclic amines) is 2. The first-order chi connectivity index (χ1) is 12.3. The average molecular weight is 358 g/mol. The molecule has 3 rings (SSSR count). The minimum Gasteiger partial charge on any atom is -0.481 e. The van der Waals surface area contributed by atoms with Crippen LogP contribution in [0.3, 0.4) is 0 Å². The number of carboxylic acid groups (broad SMARTS) is 1. The molecule has 2 heterocycles. The van der Waals surface area contributed by atoms with Gasteiger partial charge in [-0.15, -0.1) is 0 Å². The maximum Gasteiger partial charge on any atom is 0.311 e. The highest BCUT2D eigenvalue weighted by Crippen LogP contribution is 2.37. The summed E-state index contributed by atoms with van der Waals surface area (Å²) >= 11 is 0. The Balaban J connectivity index is 1.72. The van der Waals surface area contributed by atoms with Crippen LogP contribution in [-0.4, -0.2) is 58.9 Å². The van der Waals surface area contributed by atoms with Crippen LogP contribution in [0.2, 0.25) is 0 Å². The molecule has 0 aromatic heterocycles. The molecule has 2 unspecified atom stereocenters. The molecule has 1 N–H and O–H groups in total. The van der Waals surface area contributed by atoms with E-state index in [4.69, 9.17) is 0 Å². The van der Waals surface area contributed by atoms with E-state index in [0.29, 0.717) is 38.0 Å². The van der Waals surface area contributed by atoms with Gasteiger partial charge < -0.3 is 14.9 Å². The fourth-order valence-corrected chi connectivity index (χ4v) is 4.04. The molecule has 2 atom stereocenters. The Labute approximate surface area is 153 Å². The van der Waals surface area contributed by atoms with E-state index in [1.54, 1.807) is 28.9 Å². The Kier molecular flexibility index (Phi) is 4.78. The Bertz CT molecular complexity index is 720. The predicted molar refractivity (Wildman–Crippen MR) is 96.6 cm³/mol. The third kappa shape index (κ3) is 3.32. The fraction of sp³-hybridized carbons (Fsp3) is 0.550. The van der Waals surface area contributed by atoms with Crippen LogP contribution in [0, 0.1) is 10.8 Å². The zero-order chi connectivity index (χ0) is 18.9. The van der Waals surface area contributed by atoms with E-state index in [0.717, 1.165) is 6.42 Å². The van der Waals surface area contributed by atoms with Crippen LogP contribution in [0.15, 0.2) is 30.3 Å². The number of carbonyl (C=O) groups excluding carboxylic acids is 2. The summed E-state index contributed by atoms with van der Waals surface area (Å²) in [5, 5.41) is 9.40. The van der Waals surface area contributed by atoms with Crippen molar-refractivity contribution >= 4 is 17.8 Å². The standard InChI is InChI=1S/C20H26N2O4/c1-19(17(24)22-12-10-20(2,14-22)18(25)26)9-6-11-21(13-19)16(23)15-7-4-3-5-8-15/h3-5,7-8H,6,9-14H2,1-2H3,(H,25,26). The SMILES string of the molecule is CC1(C(=O)O)CCN(C(=O)C2(C)CCCN(C(=O)c3ccccc3)C2)C1. The summed E-state index contributed by atoms with van der Waals surface area (Å²) in [6.07, 6.45) is 1.95. The lowest BCUT2D eigenvalue weighted by molar-refractivity contribution is -0.148. The van der Waals surface area contributed by atoms with Crippen molar-refractivity contribution in [2.75, 3.05) is 26.2 Å². The number of amides is 2. The van der Waals surface area contributed by atoms with Crippen molar-refractivity contribution in [2.24, 2.45) is 10.8 Å². The molecule has 1 aromatic carbocycles. The second-order valence-electron chi connectivity index (χ2n) is 8.10. The maximum absolute atomic E-state index is 13.1. The van der Waals surface area contributed by atoms with Gasteiger partial charge in [-0.3, -0.25) is 14.4 Å². The van der Waals surface area contributed by atoms with Crippen molar-refractivity contribution in [3.8, 4) is 0 Å². The third-order valence-corrected chi connectivity index (χ3v) is 5.80. The summed E-state index contributed by atoms with van der Waals surface area (Å²) < 4.78 is 0. The molecule has 0 saturated carbocycles. The van der Waals surface area contributed by atoms with Crippen molar-refractivity contribution in [1.29, 1.82) is 0 Å². The molecular weight excluding hydrogens is 332 g/mol. The van der Waals surface area contributed by atoms with Crippen LogP contribution in [-0.2, 0) is 9.59 Å². The van der Waals surface area contributed by atoms with Gasteiger partial charge >= 0.3 is 5.97 Å². The van der Waals surface area contributed by atoms with Gasteiger partial charge in [0.25, 0.3) is 5.91 Å². The van der Waals surface area contributed by atoms with E-state index in [1.807, 2.05) is 25.1 Å². The predicted octanol–water partition coefficient (Wildman–Crippen LogP) is 2.25. The third-order valence-electron chi connectivity index (χ3n) is 5.80. The minimum atomic E-state index is -0.875. The Morgan fingerprint density at radius 1 is 0.923 bits per heavy atom. The van der Waals surface area contributed by atoms with Crippen LogP contribution < -0.4 is 0 Å². The molecule has 0 bridgehead atoms. The maximum atomic E-state index is 13.1. The normalized spacial score (nSPS) is 28.8. The first-order valence-electron chi connectivity index (χ1n) is 9.12. The van der Waals surface area contributed by atoms with Gasteiger partial charge in [-0.2, -0.15) is 0 Å². The molecule has 140 valence electrons. The van der Waals surface area contributed by atoms with Crippen molar-refractivity contribution < 1.29 is 19.5 Å². The highest BCUT2D eigenvalue weighted by molar-refractivity contribution is 5.95. The molecule has 2 amide bonds. The summed E-state index contributed by atoms with van der Waals surface area (Å²) in [4.78, 5) is 40.8. The molecule has 1 aromatic rings. The highest BCUT2D eigenvalue weighted by atomic mass is 16.4. The Hall–Kier alpha value is -2.37. The van der Waals surface area contributed by atoms with Gasteiger partial charge in [0.05, 0.1) is 10.8 Å². The van der Waals surface area contributed by atoms with Crippen molar-refractivity contribution in [3.63, 3.8) is 0 Å². The number of hydrogen-bond donors (Lipinski definition) is 1. The summed E-state index contributed by atoms with van der Waals surface area (Å²) in [6.45, 7) is 5.31. The van der Waals surface area contributed by atoms with Crippen LogP contribution in [0.4, 0.5) is 0 Å². The number of piperidine rings is 1. The largest absolute Gasteiger partial charge is 0.481 e. The van der Waals surface area contributed by atoms with Crippen molar-refractivity contribution in [3.05, 3.63) is 35.9 Å². The number of hydrogen-bond acceptors (Lipinski definition) is 3. The second-order valence-corrected chi connectivity index (χ2v) is 8.10. The van der Waals surface area contributed by atoms with Gasteiger partial charge in [0.2, 0.25) is 5.91 Å². The lowest BCUT2D eigenvalue weighted by atomic mass is 9.80. The number of carbonyl (C=O) groups is 3. The van der Waals surface area contributed by atoms with Gasteiger partial charge in [0, 0.05) is 31.7 Å². The molecule has 0 aliphatic carbocycles. The number of rotatable bonds is 3. The first-order valence-corrected chi connectivity index (χ1v) is 9.12. The van der Waals surface area contributed by atoms with Gasteiger partial charge in [-0.05, 0) is 45.2 Å². The number of nitrogens with zero attached hydrogens (tertiary/aromatic N) is 2. The zero-order valence-electron chi connectivity index (χ0n) is 15.4. The van der Waals surface area contributed by atoms with Crippen LogP contribution in [0.1, 0.15) is 43.5 Å². The highest BCUT2D eigenvalue weighted by Gasteiger charge is 2.48. The van der Waals surface area contributed by atoms with Gasteiger partial charge in [0.1, 0.15) is 0 Å². The molecule has 2 aliphatic rings. The van der Waals surface area contributed by atoms with Gasteiger partial charge in [0.15, 0.2) is 0 Å². The lowest BCUT2D eigenvalue weighted by Crippen LogP contribution is -2.53. The molecule has 26 heavy (non-hydrogen) atoms. The summed E-state index contributed by atoms with van der Waals surface area (Å²) in [6, 6.07) is 9.11. The fourth-order valence-electron chi connectivity index (χ4n) is 4.04. The topological polar surface area (TPSA) is 77.9 Å². The minimum absolute atomic E-state index is 0.0342. The van der Waals surface area contributed by atoms with E-state index in [2.05, 4.69) is 0 Å². The average Bonchev–Trinajstić information content (AvgIpc) is 3.05.